The van der Waals surface area contributed by atoms with Crippen LogP contribution < -0.4 is 5.32 Å². The Morgan fingerprint density at radius 1 is 1.27 bits per heavy atom. The SMILES string of the molecule is Cc1ccc2c(c1)[C@@H](NCC1(N(C)C)CCOCC1)[C@@H](C)C2. The van der Waals surface area contributed by atoms with Crippen molar-refractivity contribution in [1.82, 2.24) is 10.2 Å². The highest BCUT2D eigenvalue weighted by atomic mass is 16.5. The molecule has 1 aliphatic carbocycles. The van der Waals surface area contributed by atoms with E-state index in [1.165, 1.54) is 23.1 Å². The molecule has 0 bridgehead atoms. The van der Waals surface area contributed by atoms with Gasteiger partial charge in [-0.2, -0.15) is 0 Å². The maximum absolute atomic E-state index is 5.59. The second-order valence-corrected chi connectivity index (χ2v) is 7.47. The summed E-state index contributed by atoms with van der Waals surface area (Å²) in [5, 5.41) is 3.91. The van der Waals surface area contributed by atoms with E-state index in [-0.39, 0.29) is 5.54 Å². The van der Waals surface area contributed by atoms with Gasteiger partial charge in [-0.3, -0.25) is 0 Å². The molecule has 1 aromatic carbocycles. The van der Waals surface area contributed by atoms with Gasteiger partial charge in [-0.1, -0.05) is 30.7 Å². The Morgan fingerprint density at radius 2 is 2.00 bits per heavy atom. The van der Waals surface area contributed by atoms with E-state index >= 15 is 0 Å². The molecule has 0 spiro atoms. The van der Waals surface area contributed by atoms with Gasteiger partial charge >= 0.3 is 0 Å². The van der Waals surface area contributed by atoms with E-state index in [0.717, 1.165) is 32.6 Å². The number of hydrogen-bond donors (Lipinski definition) is 1. The van der Waals surface area contributed by atoms with Crippen molar-refractivity contribution in [2.24, 2.45) is 5.92 Å². The third kappa shape index (κ3) is 2.94. The van der Waals surface area contributed by atoms with Crippen LogP contribution in [-0.2, 0) is 11.2 Å². The van der Waals surface area contributed by atoms with Crippen LogP contribution in [0.3, 0.4) is 0 Å². The summed E-state index contributed by atoms with van der Waals surface area (Å²) in [7, 11) is 4.42. The predicted molar refractivity (Wildman–Crippen MR) is 91.3 cm³/mol. The van der Waals surface area contributed by atoms with Crippen LogP contribution in [0.25, 0.3) is 0 Å². The Labute approximate surface area is 135 Å². The number of ether oxygens (including phenoxy) is 1. The minimum Gasteiger partial charge on any atom is -0.381 e. The van der Waals surface area contributed by atoms with Gasteiger partial charge in [-0.25, -0.2) is 0 Å². The maximum Gasteiger partial charge on any atom is 0.0484 e. The van der Waals surface area contributed by atoms with Crippen LogP contribution in [0, 0.1) is 12.8 Å². The lowest BCUT2D eigenvalue weighted by molar-refractivity contribution is -0.00886. The number of nitrogens with one attached hydrogen (secondary N) is 1. The smallest absolute Gasteiger partial charge is 0.0484 e. The molecule has 0 unspecified atom stereocenters. The van der Waals surface area contributed by atoms with Crippen LogP contribution in [-0.4, -0.2) is 44.3 Å². The Hall–Kier alpha value is -0.900. The highest BCUT2D eigenvalue weighted by Crippen LogP contribution is 2.37. The number of nitrogens with zero attached hydrogens (tertiary/aromatic N) is 1. The van der Waals surface area contributed by atoms with Crippen molar-refractivity contribution < 1.29 is 4.74 Å². The fourth-order valence-corrected chi connectivity index (χ4v) is 4.11. The highest BCUT2D eigenvalue weighted by Gasteiger charge is 2.37. The number of benzene rings is 1. The fraction of sp³-hybridized carbons (Fsp3) is 0.684. The molecule has 122 valence electrons. The highest BCUT2D eigenvalue weighted by molar-refractivity contribution is 5.38. The summed E-state index contributed by atoms with van der Waals surface area (Å²) in [6.45, 7) is 7.39. The Kier molecular flexibility index (Phi) is 4.58. The zero-order valence-corrected chi connectivity index (χ0v) is 14.5. The molecular weight excluding hydrogens is 272 g/mol. The third-order valence-corrected chi connectivity index (χ3v) is 5.77. The first-order chi connectivity index (χ1) is 10.5. The quantitative estimate of drug-likeness (QED) is 0.925. The molecule has 1 fully saturated rings. The molecule has 1 saturated heterocycles. The molecule has 0 radical (unpaired) electrons. The normalized spacial score (nSPS) is 27.1. The fourth-order valence-electron chi connectivity index (χ4n) is 4.11. The minimum atomic E-state index is 0.241. The Balaban J connectivity index is 1.74. The largest absolute Gasteiger partial charge is 0.381 e. The molecule has 0 saturated carbocycles. The van der Waals surface area contributed by atoms with Gasteiger partial charge in [0.05, 0.1) is 0 Å². The van der Waals surface area contributed by atoms with E-state index in [1.54, 1.807) is 0 Å². The number of aryl methyl sites for hydroxylation is 1. The first-order valence-electron chi connectivity index (χ1n) is 8.60. The van der Waals surface area contributed by atoms with Crippen molar-refractivity contribution in [2.75, 3.05) is 33.9 Å². The van der Waals surface area contributed by atoms with Crippen LogP contribution in [0.4, 0.5) is 0 Å². The third-order valence-electron chi connectivity index (χ3n) is 5.77. The molecule has 3 heteroatoms. The van der Waals surface area contributed by atoms with Crippen molar-refractivity contribution in [3.05, 3.63) is 34.9 Å². The van der Waals surface area contributed by atoms with Crippen LogP contribution >= 0.6 is 0 Å². The van der Waals surface area contributed by atoms with Crippen LogP contribution in [0.2, 0.25) is 0 Å². The molecule has 3 rings (SSSR count). The molecule has 3 nitrogen and oxygen atoms in total. The second-order valence-electron chi connectivity index (χ2n) is 7.47. The lowest BCUT2D eigenvalue weighted by Gasteiger charge is -2.44. The summed E-state index contributed by atoms with van der Waals surface area (Å²) in [6, 6.07) is 7.43. The van der Waals surface area contributed by atoms with Crippen LogP contribution in [0.15, 0.2) is 18.2 Å². The van der Waals surface area contributed by atoms with Gasteiger partial charge in [0.25, 0.3) is 0 Å². The van der Waals surface area contributed by atoms with Gasteiger partial charge < -0.3 is 15.0 Å². The molecule has 2 atom stereocenters. The van der Waals surface area contributed by atoms with Crippen molar-refractivity contribution in [2.45, 2.75) is 44.7 Å². The van der Waals surface area contributed by atoms with Gasteiger partial charge in [-0.05, 0) is 57.3 Å². The van der Waals surface area contributed by atoms with E-state index in [9.17, 15) is 0 Å². The lowest BCUT2D eigenvalue weighted by atomic mass is 9.87. The minimum absolute atomic E-state index is 0.241. The van der Waals surface area contributed by atoms with Gasteiger partial charge in [0, 0.05) is 31.3 Å². The van der Waals surface area contributed by atoms with Crippen molar-refractivity contribution in [3.63, 3.8) is 0 Å². The zero-order valence-electron chi connectivity index (χ0n) is 14.5. The first kappa shape index (κ1) is 16.0. The Bertz CT molecular complexity index is 520. The molecule has 1 aliphatic heterocycles. The second kappa shape index (κ2) is 6.31. The predicted octanol–water partition coefficient (Wildman–Crippen LogP) is 2.93. The first-order valence-corrected chi connectivity index (χ1v) is 8.60. The monoisotopic (exact) mass is 302 g/mol. The summed E-state index contributed by atoms with van der Waals surface area (Å²) in [5.74, 6) is 0.677. The zero-order chi connectivity index (χ0) is 15.7. The summed E-state index contributed by atoms with van der Waals surface area (Å²) in [5.41, 5.74) is 4.66. The topological polar surface area (TPSA) is 24.5 Å². The number of likely N-dealkylation sites (N-methyl/N-ethyl adjacent to an activating group) is 1. The molecule has 22 heavy (non-hydrogen) atoms. The van der Waals surface area contributed by atoms with E-state index < -0.39 is 0 Å². The van der Waals surface area contributed by atoms with Crippen molar-refractivity contribution >= 4 is 0 Å². The van der Waals surface area contributed by atoms with E-state index in [1.807, 2.05) is 0 Å². The molecule has 0 amide bonds. The summed E-state index contributed by atoms with van der Waals surface area (Å²) in [4.78, 5) is 2.40. The molecule has 0 aromatic heterocycles. The molecule has 2 aliphatic rings. The van der Waals surface area contributed by atoms with Gasteiger partial charge in [0.1, 0.15) is 0 Å². The molecule has 1 heterocycles. The van der Waals surface area contributed by atoms with Crippen molar-refractivity contribution in [1.29, 1.82) is 0 Å². The van der Waals surface area contributed by atoms with E-state index in [0.29, 0.717) is 12.0 Å². The summed E-state index contributed by atoms with van der Waals surface area (Å²) in [6.07, 6.45) is 3.44. The maximum atomic E-state index is 5.59. The number of fused-ring (bicyclic) bond motifs is 1. The van der Waals surface area contributed by atoms with Crippen LogP contribution in [0.1, 0.15) is 42.5 Å². The molecular formula is C19H30N2O. The average Bonchev–Trinajstić information content (AvgIpc) is 2.81. The van der Waals surface area contributed by atoms with Gasteiger partial charge in [-0.15, -0.1) is 0 Å². The van der Waals surface area contributed by atoms with Gasteiger partial charge in [0.2, 0.25) is 0 Å². The van der Waals surface area contributed by atoms with Crippen molar-refractivity contribution in [3.8, 4) is 0 Å². The molecule has 1 N–H and O–H groups in total. The number of hydrogen-bond acceptors (Lipinski definition) is 3. The van der Waals surface area contributed by atoms with Gasteiger partial charge in [0.15, 0.2) is 0 Å². The summed E-state index contributed by atoms with van der Waals surface area (Å²) < 4.78 is 5.59. The standard InChI is InChI=1S/C19H30N2O/c1-14-5-6-16-12-15(2)18(17(16)11-14)20-13-19(21(3)4)7-9-22-10-8-19/h5-6,11,15,18,20H,7-10,12-13H2,1-4H3/t15-,18-/m0/s1. The van der Waals surface area contributed by atoms with E-state index in [4.69, 9.17) is 4.74 Å². The lowest BCUT2D eigenvalue weighted by Crippen LogP contribution is -2.55. The summed E-state index contributed by atoms with van der Waals surface area (Å²) >= 11 is 0. The van der Waals surface area contributed by atoms with Crippen LogP contribution in [0.5, 0.6) is 0 Å². The average molecular weight is 302 g/mol. The Morgan fingerprint density at radius 3 is 2.68 bits per heavy atom. The molecule has 1 aromatic rings. The van der Waals surface area contributed by atoms with E-state index in [2.05, 4.69) is 56.4 Å². The number of rotatable bonds is 4.